The van der Waals surface area contributed by atoms with Crippen molar-refractivity contribution in [3.63, 3.8) is 0 Å². The Hall–Kier alpha value is -0.0400. The summed E-state index contributed by atoms with van der Waals surface area (Å²) in [5.74, 6) is 2.09. The van der Waals surface area contributed by atoms with Crippen molar-refractivity contribution in [1.29, 1.82) is 0 Å². The molecule has 0 heterocycles. The molecule has 2 aliphatic rings. The third-order valence-electron chi connectivity index (χ3n) is 4.68. The SMILES string of the molecule is CCNC(CC1CCCC1)CC1CCCC1. The zero-order valence-corrected chi connectivity index (χ0v) is 11.0. The molecular weight excluding hydrogens is 194 g/mol. The van der Waals surface area contributed by atoms with Gasteiger partial charge in [-0.1, -0.05) is 58.3 Å². The molecule has 0 aromatic rings. The van der Waals surface area contributed by atoms with Crippen molar-refractivity contribution in [1.82, 2.24) is 5.32 Å². The highest BCUT2D eigenvalue weighted by Crippen LogP contribution is 2.33. The maximum Gasteiger partial charge on any atom is 0.00722 e. The van der Waals surface area contributed by atoms with Gasteiger partial charge in [-0.2, -0.15) is 0 Å². The molecule has 0 bridgehead atoms. The van der Waals surface area contributed by atoms with Crippen molar-refractivity contribution < 1.29 is 0 Å². The van der Waals surface area contributed by atoms with Crippen LogP contribution in [0.25, 0.3) is 0 Å². The minimum atomic E-state index is 0.830. The Balaban J connectivity index is 1.73. The molecule has 0 saturated heterocycles. The molecule has 0 unspecified atom stereocenters. The molecule has 16 heavy (non-hydrogen) atoms. The fraction of sp³-hybridized carbons (Fsp3) is 1.00. The molecule has 0 atom stereocenters. The van der Waals surface area contributed by atoms with Crippen molar-refractivity contribution in [3.05, 3.63) is 0 Å². The topological polar surface area (TPSA) is 12.0 Å². The fourth-order valence-electron chi connectivity index (χ4n) is 3.85. The molecule has 2 aliphatic carbocycles. The maximum absolute atomic E-state index is 3.74. The minimum Gasteiger partial charge on any atom is -0.314 e. The van der Waals surface area contributed by atoms with E-state index < -0.39 is 0 Å². The predicted molar refractivity (Wildman–Crippen MR) is 70.6 cm³/mol. The third-order valence-corrected chi connectivity index (χ3v) is 4.68. The lowest BCUT2D eigenvalue weighted by atomic mass is 9.90. The summed E-state index contributed by atoms with van der Waals surface area (Å²) in [6.07, 6.45) is 14.9. The summed E-state index contributed by atoms with van der Waals surface area (Å²) >= 11 is 0. The molecule has 0 spiro atoms. The Kier molecular flexibility index (Phi) is 5.15. The molecule has 2 fully saturated rings. The quantitative estimate of drug-likeness (QED) is 0.714. The third kappa shape index (κ3) is 3.76. The van der Waals surface area contributed by atoms with Gasteiger partial charge in [0, 0.05) is 6.04 Å². The lowest BCUT2D eigenvalue weighted by Gasteiger charge is -2.24. The Morgan fingerprint density at radius 1 is 0.875 bits per heavy atom. The molecule has 0 aliphatic heterocycles. The zero-order chi connectivity index (χ0) is 11.2. The Labute approximate surface area is 101 Å². The molecule has 2 saturated carbocycles. The fourth-order valence-corrected chi connectivity index (χ4v) is 3.85. The van der Waals surface area contributed by atoms with E-state index in [1.54, 1.807) is 0 Å². The monoisotopic (exact) mass is 223 g/mol. The van der Waals surface area contributed by atoms with E-state index in [1.165, 1.54) is 64.2 Å². The van der Waals surface area contributed by atoms with Crippen LogP contribution in [0.1, 0.15) is 71.1 Å². The molecule has 0 amide bonds. The van der Waals surface area contributed by atoms with Crippen LogP contribution in [-0.2, 0) is 0 Å². The van der Waals surface area contributed by atoms with Crippen molar-refractivity contribution in [2.24, 2.45) is 11.8 Å². The van der Waals surface area contributed by atoms with Gasteiger partial charge in [-0.3, -0.25) is 0 Å². The molecule has 1 nitrogen and oxygen atoms in total. The largest absolute Gasteiger partial charge is 0.314 e. The van der Waals surface area contributed by atoms with E-state index in [9.17, 15) is 0 Å². The number of rotatable bonds is 6. The van der Waals surface area contributed by atoms with E-state index in [1.807, 2.05) is 0 Å². The summed E-state index contributed by atoms with van der Waals surface area (Å²) in [7, 11) is 0. The van der Waals surface area contributed by atoms with Gasteiger partial charge in [-0.15, -0.1) is 0 Å². The highest BCUT2D eigenvalue weighted by atomic mass is 14.9. The summed E-state index contributed by atoms with van der Waals surface area (Å²) < 4.78 is 0. The Bertz CT molecular complexity index is 160. The first-order chi connectivity index (χ1) is 7.88. The van der Waals surface area contributed by atoms with Crippen molar-refractivity contribution in [3.8, 4) is 0 Å². The van der Waals surface area contributed by atoms with Gasteiger partial charge in [0.15, 0.2) is 0 Å². The minimum absolute atomic E-state index is 0.830. The number of hydrogen-bond donors (Lipinski definition) is 1. The second kappa shape index (κ2) is 6.64. The molecular formula is C15H29N. The number of nitrogens with one attached hydrogen (secondary N) is 1. The second-order valence-electron chi connectivity index (χ2n) is 6.03. The number of hydrogen-bond acceptors (Lipinski definition) is 1. The van der Waals surface area contributed by atoms with Crippen molar-refractivity contribution >= 4 is 0 Å². The smallest absolute Gasteiger partial charge is 0.00722 e. The van der Waals surface area contributed by atoms with Crippen LogP contribution in [-0.4, -0.2) is 12.6 Å². The summed E-state index contributed by atoms with van der Waals surface area (Å²) in [4.78, 5) is 0. The predicted octanol–water partition coefficient (Wildman–Crippen LogP) is 4.13. The molecule has 0 radical (unpaired) electrons. The lowest BCUT2D eigenvalue weighted by Crippen LogP contribution is -2.32. The summed E-state index contributed by atoms with van der Waals surface area (Å²) in [6.45, 7) is 3.42. The Morgan fingerprint density at radius 3 is 1.69 bits per heavy atom. The van der Waals surface area contributed by atoms with Crippen LogP contribution in [0.2, 0.25) is 0 Å². The van der Waals surface area contributed by atoms with Crippen LogP contribution < -0.4 is 5.32 Å². The highest BCUT2D eigenvalue weighted by molar-refractivity contribution is 4.79. The van der Waals surface area contributed by atoms with E-state index in [0.29, 0.717) is 0 Å². The van der Waals surface area contributed by atoms with Crippen molar-refractivity contribution in [2.45, 2.75) is 77.2 Å². The van der Waals surface area contributed by atoms with Crippen LogP contribution in [0.5, 0.6) is 0 Å². The van der Waals surface area contributed by atoms with E-state index in [0.717, 1.165) is 24.4 Å². The normalized spacial score (nSPS) is 23.6. The van der Waals surface area contributed by atoms with E-state index in [2.05, 4.69) is 12.2 Å². The first-order valence-electron chi connectivity index (χ1n) is 7.62. The second-order valence-corrected chi connectivity index (χ2v) is 6.03. The van der Waals surface area contributed by atoms with Gasteiger partial charge in [0.1, 0.15) is 0 Å². The lowest BCUT2D eigenvalue weighted by molar-refractivity contribution is 0.328. The van der Waals surface area contributed by atoms with Gasteiger partial charge in [0.25, 0.3) is 0 Å². The maximum atomic E-state index is 3.74. The summed E-state index contributed by atoms with van der Waals surface area (Å²) in [5.41, 5.74) is 0. The van der Waals surface area contributed by atoms with E-state index in [4.69, 9.17) is 0 Å². The van der Waals surface area contributed by atoms with Gasteiger partial charge in [-0.25, -0.2) is 0 Å². The average molecular weight is 223 g/mol. The van der Waals surface area contributed by atoms with Crippen LogP contribution in [0.15, 0.2) is 0 Å². The zero-order valence-electron chi connectivity index (χ0n) is 11.0. The highest BCUT2D eigenvalue weighted by Gasteiger charge is 2.23. The molecule has 2 rings (SSSR count). The average Bonchev–Trinajstić information content (AvgIpc) is 2.91. The summed E-state index contributed by atoms with van der Waals surface area (Å²) in [6, 6.07) is 0.830. The first kappa shape index (κ1) is 12.4. The summed E-state index contributed by atoms with van der Waals surface area (Å²) in [5, 5.41) is 3.74. The van der Waals surface area contributed by atoms with Gasteiger partial charge in [0.2, 0.25) is 0 Å². The van der Waals surface area contributed by atoms with Gasteiger partial charge in [0.05, 0.1) is 0 Å². The van der Waals surface area contributed by atoms with E-state index >= 15 is 0 Å². The first-order valence-corrected chi connectivity index (χ1v) is 7.62. The molecule has 0 aromatic heterocycles. The molecule has 94 valence electrons. The van der Waals surface area contributed by atoms with Crippen LogP contribution in [0.4, 0.5) is 0 Å². The van der Waals surface area contributed by atoms with Gasteiger partial charge >= 0.3 is 0 Å². The molecule has 1 heteroatoms. The van der Waals surface area contributed by atoms with Crippen LogP contribution in [0, 0.1) is 11.8 Å². The molecule has 1 N–H and O–H groups in total. The van der Waals surface area contributed by atoms with Crippen LogP contribution >= 0.6 is 0 Å². The van der Waals surface area contributed by atoms with E-state index in [-0.39, 0.29) is 0 Å². The van der Waals surface area contributed by atoms with Gasteiger partial charge < -0.3 is 5.32 Å². The molecule has 0 aromatic carbocycles. The van der Waals surface area contributed by atoms with Crippen LogP contribution in [0.3, 0.4) is 0 Å². The van der Waals surface area contributed by atoms with Crippen molar-refractivity contribution in [2.75, 3.05) is 6.54 Å². The Morgan fingerprint density at radius 2 is 1.31 bits per heavy atom. The van der Waals surface area contributed by atoms with Gasteiger partial charge in [-0.05, 0) is 31.2 Å². The standard InChI is InChI=1S/C15H29N/c1-2-16-15(11-13-7-3-4-8-13)12-14-9-5-6-10-14/h13-16H,2-12H2,1H3.